The minimum absolute atomic E-state index is 0.0481. The highest BCUT2D eigenvalue weighted by Gasteiger charge is 2.14. The molecule has 0 radical (unpaired) electrons. The van der Waals surface area contributed by atoms with Crippen LogP contribution in [0, 0.1) is 12.3 Å². The first-order valence-corrected chi connectivity index (χ1v) is 5.26. The zero-order chi connectivity index (χ0) is 13.0. The topological polar surface area (TPSA) is 81.9 Å². The Morgan fingerprint density at radius 3 is 2.53 bits per heavy atom. The first-order chi connectivity index (χ1) is 7.95. The van der Waals surface area contributed by atoms with E-state index >= 15 is 0 Å². The SMILES string of the molecule is CN=C(N(C)Cc1ccc(C)o1)N(C)C(=N)N. The molecule has 6 nitrogen and oxygen atoms in total. The highest BCUT2D eigenvalue weighted by atomic mass is 16.3. The van der Waals surface area contributed by atoms with E-state index in [0.717, 1.165) is 11.5 Å². The molecule has 0 aliphatic rings. The lowest BCUT2D eigenvalue weighted by atomic mass is 10.4. The molecule has 0 atom stereocenters. The number of aliphatic imine (C=N–C) groups is 1. The third-order valence-electron chi connectivity index (χ3n) is 2.39. The van der Waals surface area contributed by atoms with Crippen LogP contribution in [0.15, 0.2) is 21.5 Å². The van der Waals surface area contributed by atoms with Gasteiger partial charge in [0.05, 0.1) is 6.54 Å². The summed E-state index contributed by atoms with van der Waals surface area (Å²) in [7, 11) is 5.24. The lowest BCUT2D eigenvalue weighted by molar-refractivity contribution is 0.377. The largest absolute Gasteiger partial charge is 0.464 e. The third kappa shape index (κ3) is 3.24. The number of hydrogen-bond donors (Lipinski definition) is 2. The van der Waals surface area contributed by atoms with Gasteiger partial charge in [-0.05, 0) is 19.1 Å². The number of furan rings is 1. The van der Waals surface area contributed by atoms with Crippen LogP contribution in [-0.2, 0) is 6.54 Å². The van der Waals surface area contributed by atoms with Crippen molar-refractivity contribution in [2.45, 2.75) is 13.5 Å². The Balaban J connectivity index is 2.74. The van der Waals surface area contributed by atoms with E-state index in [2.05, 4.69) is 4.99 Å². The summed E-state index contributed by atoms with van der Waals surface area (Å²) in [5, 5.41) is 7.38. The van der Waals surface area contributed by atoms with Crippen LogP contribution in [-0.4, -0.2) is 42.9 Å². The Hall–Kier alpha value is -1.98. The minimum Gasteiger partial charge on any atom is -0.464 e. The lowest BCUT2D eigenvalue weighted by Crippen LogP contribution is -2.45. The fourth-order valence-corrected chi connectivity index (χ4v) is 1.56. The highest BCUT2D eigenvalue weighted by molar-refractivity contribution is 5.96. The summed E-state index contributed by atoms with van der Waals surface area (Å²) in [4.78, 5) is 7.50. The number of aryl methyl sites for hydroxylation is 1. The zero-order valence-corrected chi connectivity index (χ0v) is 10.7. The highest BCUT2D eigenvalue weighted by Crippen LogP contribution is 2.09. The maximum Gasteiger partial charge on any atom is 0.203 e. The molecule has 17 heavy (non-hydrogen) atoms. The maximum atomic E-state index is 7.38. The average molecular weight is 237 g/mol. The Morgan fingerprint density at radius 2 is 2.12 bits per heavy atom. The Kier molecular flexibility index (Phi) is 4.14. The predicted octanol–water partition coefficient (Wildman–Crippen LogP) is 0.831. The lowest BCUT2D eigenvalue weighted by Gasteiger charge is -2.27. The third-order valence-corrected chi connectivity index (χ3v) is 2.39. The molecular formula is C11H19N5O. The van der Waals surface area contributed by atoms with Crippen molar-refractivity contribution in [3.63, 3.8) is 0 Å². The number of guanidine groups is 2. The Bertz CT molecular complexity index is 423. The van der Waals surface area contributed by atoms with E-state index in [0.29, 0.717) is 12.5 Å². The van der Waals surface area contributed by atoms with Crippen LogP contribution in [0.4, 0.5) is 0 Å². The molecule has 0 aliphatic heterocycles. The van der Waals surface area contributed by atoms with Crippen LogP contribution in [0.2, 0.25) is 0 Å². The molecule has 0 spiro atoms. The number of nitrogens with one attached hydrogen (secondary N) is 1. The fraction of sp³-hybridized carbons (Fsp3) is 0.455. The van der Waals surface area contributed by atoms with Crippen LogP contribution in [0.25, 0.3) is 0 Å². The molecule has 0 saturated heterocycles. The van der Waals surface area contributed by atoms with E-state index in [-0.39, 0.29) is 5.96 Å². The number of hydrogen-bond acceptors (Lipinski definition) is 3. The van der Waals surface area contributed by atoms with Crippen LogP contribution < -0.4 is 5.73 Å². The van der Waals surface area contributed by atoms with Gasteiger partial charge in [-0.3, -0.25) is 15.3 Å². The van der Waals surface area contributed by atoms with Crippen molar-refractivity contribution in [3.8, 4) is 0 Å². The van der Waals surface area contributed by atoms with Crippen LogP contribution in [0.3, 0.4) is 0 Å². The van der Waals surface area contributed by atoms with Crippen LogP contribution >= 0.6 is 0 Å². The van der Waals surface area contributed by atoms with Gasteiger partial charge in [0.15, 0.2) is 5.96 Å². The number of rotatable bonds is 2. The smallest absolute Gasteiger partial charge is 0.203 e. The van der Waals surface area contributed by atoms with Gasteiger partial charge in [-0.25, -0.2) is 0 Å². The second-order valence-corrected chi connectivity index (χ2v) is 3.84. The first-order valence-electron chi connectivity index (χ1n) is 5.26. The summed E-state index contributed by atoms with van der Waals surface area (Å²) < 4.78 is 5.49. The van der Waals surface area contributed by atoms with E-state index < -0.39 is 0 Å². The van der Waals surface area contributed by atoms with Crippen molar-refractivity contribution in [2.75, 3.05) is 21.1 Å². The minimum atomic E-state index is -0.0481. The summed E-state index contributed by atoms with van der Waals surface area (Å²) >= 11 is 0. The fourth-order valence-electron chi connectivity index (χ4n) is 1.56. The van der Waals surface area contributed by atoms with Crippen molar-refractivity contribution in [1.29, 1.82) is 5.41 Å². The molecule has 0 fully saturated rings. The molecule has 1 heterocycles. The first kappa shape index (κ1) is 13.1. The standard InChI is InChI=1S/C11H19N5O/c1-8-5-6-9(17-8)7-15(3)11(14-2)16(4)10(12)13/h5-6H,7H2,1-4H3,(H3,12,13). The normalized spacial score (nSPS) is 11.4. The van der Waals surface area contributed by atoms with Crippen LogP contribution in [0.1, 0.15) is 11.5 Å². The van der Waals surface area contributed by atoms with Crippen molar-refractivity contribution in [2.24, 2.45) is 10.7 Å². The molecule has 1 aromatic heterocycles. The molecular weight excluding hydrogens is 218 g/mol. The Labute approximate surface area is 101 Å². The zero-order valence-electron chi connectivity index (χ0n) is 10.7. The van der Waals surface area contributed by atoms with E-state index in [1.54, 1.807) is 14.1 Å². The van der Waals surface area contributed by atoms with Gasteiger partial charge in [0, 0.05) is 21.1 Å². The van der Waals surface area contributed by atoms with E-state index in [1.807, 2.05) is 31.0 Å². The summed E-state index contributed by atoms with van der Waals surface area (Å²) in [5.74, 6) is 2.30. The van der Waals surface area contributed by atoms with Crippen molar-refractivity contribution in [3.05, 3.63) is 23.7 Å². The van der Waals surface area contributed by atoms with Gasteiger partial charge in [-0.2, -0.15) is 0 Å². The maximum absolute atomic E-state index is 7.38. The van der Waals surface area contributed by atoms with Crippen molar-refractivity contribution in [1.82, 2.24) is 9.80 Å². The second kappa shape index (κ2) is 5.38. The summed E-state index contributed by atoms with van der Waals surface area (Å²) in [6.07, 6.45) is 0. The van der Waals surface area contributed by atoms with Gasteiger partial charge in [-0.15, -0.1) is 0 Å². The summed E-state index contributed by atoms with van der Waals surface area (Å²) in [5.41, 5.74) is 5.43. The summed E-state index contributed by atoms with van der Waals surface area (Å²) in [6.45, 7) is 2.48. The number of nitrogens with two attached hydrogens (primary N) is 1. The van der Waals surface area contributed by atoms with E-state index in [4.69, 9.17) is 15.6 Å². The van der Waals surface area contributed by atoms with Gasteiger partial charge >= 0.3 is 0 Å². The molecule has 0 amide bonds. The van der Waals surface area contributed by atoms with E-state index in [1.165, 1.54) is 4.90 Å². The van der Waals surface area contributed by atoms with Gasteiger partial charge in [0.2, 0.25) is 5.96 Å². The average Bonchev–Trinajstić information content (AvgIpc) is 2.64. The molecule has 0 unspecified atom stereocenters. The Morgan fingerprint density at radius 1 is 1.47 bits per heavy atom. The quantitative estimate of drug-likeness (QED) is 0.589. The van der Waals surface area contributed by atoms with Crippen molar-refractivity contribution < 1.29 is 4.42 Å². The van der Waals surface area contributed by atoms with Crippen LogP contribution in [0.5, 0.6) is 0 Å². The molecule has 3 N–H and O–H groups in total. The molecule has 0 aliphatic carbocycles. The van der Waals surface area contributed by atoms with Crippen molar-refractivity contribution >= 4 is 11.9 Å². The van der Waals surface area contributed by atoms with Gasteiger partial charge in [0.25, 0.3) is 0 Å². The van der Waals surface area contributed by atoms with E-state index in [9.17, 15) is 0 Å². The van der Waals surface area contributed by atoms with Gasteiger partial charge in [0.1, 0.15) is 11.5 Å². The predicted molar refractivity (Wildman–Crippen MR) is 67.9 cm³/mol. The number of nitrogens with zero attached hydrogens (tertiary/aromatic N) is 3. The molecule has 0 saturated carbocycles. The summed E-state index contributed by atoms with van der Waals surface area (Å²) in [6, 6.07) is 3.84. The molecule has 1 aromatic rings. The van der Waals surface area contributed by atoms with Gasteiger partial charge in [-0.1, -0.05) is 0 Å². The second-order valence-electron chi connectivity index (χ2n) is 3.84. The molecule has 0 bridgehead atoms. The molecule has 6 heteroatoms. The molecule has 0 aromatic carbocycles. The molecule has 94 valence electrons. The van der Waals surface area contributed by atoms with Gasteiger partial charge < -0.3 is 15.1 Å². The molecule has 1 rings (SSSR count). The monoisotopic (exact) mass is 237 g/mol.